The molecule has 15 heavy (non-hydrogen) atoms. The predicted octanol–water partition coefficient (Wildman–Crippen LogP) is 1.36. The first-order chi connectivity index (χ1) is 7.06. The molecule has 2 atom stereocenters. The van der Waals surface area contributed by atoms with Gasteiger partial charge in [0.15, 0.2) is 0 Å². The number of carbonyl (C=O) groups excluding carboxylic acids is 1. The molecule has 0 bridgehead atoms. The minimum Gasteiger partial charge on any atom is -0.481 e. The van der Waals surface area contributed by atoms with Gasteiger partial charge in [-0.1, -0.05) is 6.92 Å². The van der Waals surface area contributed by atoms with Crippen LogP contribution in [-0.2, 0) is 9.59 Å². The van der Waals surface area contributed by atoms with Gasteiger partial charge in [0, 0.05) is 20.0 Å². The molecule has 4 heteroatoms. The monoisotopic (exact) mass is 213 g/mol. The summed E-state index contributed by atoms with van der Waals surface area (Å²) >= 11 is 0. The SMILES string of the molecule is CCC(C(=O)O)C1CCCN(C(C)=O)C1. The molecule has 2 unspecified atom stereocenters. The van der Waals surface area contributed by atoms with Crippen LogP contribution < -0.4 is 0 Å². The molecule has 1 saturated heterocycles. The van der Waals surface area contributed by atoms with E-state index in [4.69, 9.17) is 5.11 Å². The maximum absolute atomic E-state index is 11.2. The molecule has 1 fully saturated rings. The van der Waals surface area contributed by atoms with Gasteiger partial charge in [-0.15, -0.1) is 0 Å². The van der Waals surface area contributed by atoms with Crippen LogP contribution in [0.2, 0.25) is 0 Å². The summed E-state index contributed by atoms with van der Waals surface area (Å²) in [5.41, 5.74) is 0. The second-order valence-corrected chi connectivity index (χ2v) is 4.22. The standard InChI is InChI=1S/C11H19NO3/c1-3-10(11(14)15)9-5-4-6-12(7-9)8(2)13/h9-10H,3-7H2,1-2H3,(H,14,15). The summed E-state index contributed by atoms with van der Waals surface area (Å²) in [5, 5.41) is 9.05. The molecule has 0 aliphatic carbocycles. The van der Waals surface area contributed by atoms with E-state index in [0.717, 1.165) is 19.4 Å². The van der Waals surface area contributed by atoms with Gasteiger partial charge in [-0.3, -0.25) is 9.59 Å². The highest BCUT2D eigenvalue weighted by Gasteiger charge is 2.31. The first-order valence-electron chi connectivity index (χ1n) is 5.54. The topological polar surface area (TPSA) is 57.6 Å². The number of likely N-dealkylation sites (tertiary alicyclic amines) is 1. The fraction of sp³-hybridized carbons (Fsp3) is 0.818. The Morgan fingerprint density at radius 2 is 2.20 bits per heavy atom. The van der Waals surface area contributed by atoms with Crippen molar-refractivity contribution < 1.29 is 14.7 Å². The Morgan fingerprint density at radius 3 is 2.67 bits per heavy atom. The lowest BCUT2D eigenvalue weighted by Crippen LogP contribution is -2.42. The summed E-state index contributed by atoms with van der Waals surface area (Å²) in [5.74, 6) is -0.842. The third-order valence-corrected chi connectivity index (χ3v) is 3.23. The van der Waals surface area contributed by atoms with Gasteiger partial charge in [0.25, 0.3) is 0 Å². The Kier molecular flexibility index (Phi) is 4.12. The summed E-state index contributed by atoms with van der Waals surface area (Å²) in [7, 11) is 0. The van der Waals surface area contributed by atoms with Crippen LogP contribution in [0.5, 0.6) is 0 Å². The minimum absolute atomic E-state index is 0.0555. The Morgan fingerprint density at radius 1 is 1.53 bits per heavy atom. The van der Waals surface area contributed by atoms with Gasteiger partial charge in [-0.25, -0.2) is 0 Å². The van der Waals surface area contributed by atoms with E-state index in [1.807, 2.05) is 6.92 Å². The van der Waals surface area contributed by atoms with Crippen molar-refractivity contribution in [3.8, 4) is 0 Å². The van der Waals surface area contributed by atoms with Crippen LogP contribution in [0, 0.1) is 11.8 Å². The predicted molar refractivity (Wildman–Crippen MR) is 56.4 cm³/mol. The number of amides is 1. The van der Waals surface area contributed by atoms with Crippen molar-refractivity contribution in [2.24, 2.45) is 11.8 Å². The second-order valence-electron chi connectivity index (χ2n) is 4.22. The van der Waals surface area contributed by atoms with E-state index in [9.17, 15) is 9.59 Å². The quantitative estimate of drug-likeness (QED) is 0.770. The average Bonchev–Trinajstić information content (AvgIpc) is 2.18. The first kappa shape index (κ1) is 12.0. The van der Waals surface area contributed by atoms with Crippen molar-refractivity contribution in [3.63, 3.8) is 0 Å². The number of carbonyl (C=O) groups is 2. The molecule has 0 aromatic carbocycles. The van der Waals surface area contributed by atoms with Crippen LogP contribution in [0.25, 0.3) is 0 Å². The number of aliphatic carboxylic acids is 1. The highest BCUT2D eigenvalue weighted by molar-refractivity contribution is 5.74. The third kappa shape index (κ3) is 2.94. The minimum atomic E-state index is -0.729. The van der Waals surface area contributed by atoms with Crippen molar-refractivity contribution in [1.29, 1.82) is 0 Å². The highest BCUT2D eigenvalue weighted by atomic mass is 16.4. The van der Waals surface area contributed by atoms with Gasteiger partial charge in [0.2, 0.25) is 5.91 Å². The summed E-state index contributed by atoms with van der Waals surface area (Å²) in [6, 6.07) is 0. The molecule has 0 aromatic rings. The second kappa shape index (κ2) is 5.14. The lowest BCUT2D eigenvalue weighted by atomic mass is 9.84. The fourth-order valence-corrected chi connectivity index (χ4v) is 2.33. The molecule has 1 N–H and O–H groups in total. The zero-order valence-corrected chi connectivity index (χ0v) is 9.40. The zero-order chi connectivity index (χ0) is 11.4. The summed E-state index contributed by atoms with van der Waals surface area (Å²) in [6.07, 6.45) is 2.49. The molecule has 1 aliphatic heterocycles. The number of rotatable bonds is 3. The van der Waals surface area contributed by atoms with Crippen molar-refractivity contribution in [3.05, 3.63) is 0 Å². The van der Waals surface area contributed by atoms with E-state index >= 15 is 0 Å². The number of carboxylic acid groups (broad SMARTS) is 1. The van der Waals surface area contributed by atoms with Crippen molar-refractivity contribution >= 4 is 11.9 Å². The van der Waals surface area contributed by atoms with E-state index in [0.29, 0.717) is 13.0 Å². The summed E-state index contributed by atoms with van der Waals surface area (Å²) in [6.45, 7) is 4.83. The first-order valence-corrected chi connectivity index (χ1v) is 5.54. The normalized spacial score (nSPS) is 23.6. The molecular weight excluding hydrogens is 194 g/mol. The molecular formula is C11H19NO3. The Balaban J connectivity index is 2.62. The van der Waals surface area contributed by atoms with E-state index in [2.05, 4.69) is 0 Å². The Labute approximate surface area is 90.3 Å². The smallest absolute Gasteiger partial charge is 0.306 e. The molecule has 1 amide bonds. The van der Waals surface area contributed by atoms with Crippen LogP contribution in [0.15, 0.2) is 0 Å². The number of piperidine rings is 1. The summed E-state index contributed by atoms with van der Waals surface area (Å²) in [4.78, 5) is 24.0. The molecule has 1 heterocycles. The number of carboxylic acids is 1. The molecule has 0 spiro atoms. The number of hydrogen-bond acceptors (Lipinski definition) is 2. The Hall–Kier alpha value is -1.06. The van der Waals surface area contributed by atoms with Crippen LogP contribution in [0.3, 0.4) is 0 Å². The highest BCUT2D eigenvalue weighted by Crippen LogP contribution is 2.26. The van der Waals surface area contributed by atoms with Gasteiger partial charge in [-0.2, -0.15) is 0 Å². The van der Waals surface area contributed by atoms with Gasteiger partial charge in [0.1, 0.15) is 0 Å². The lowest BCUT2D eigenvalue weighted by molar-refractivity contribution is -0.146. The fourth-order valence-electron chi connectivity index (χ4n) is 2.33. The molecule has 1 aliphatic rings. The Bertz CT molecular complexity index is 252. The zero-order valence-electron chi connectivity index (χ0n) is 9.40. The molecule has 86 valence electrons. The van der Waals surface area contributed by atoms with E-state index in [1.54, 1.807) is 11.8 Å². The molecule has 0 aromatic heterocycles. The van der Waals surface area contributed by atoms with Crippen LogP contribution in [-0.4, -0.2) is 35.0 Å². The molecule has 0 radical (unpaired) electrons. The van der Waals surface area contributed by atoms with Crippen molar-refractivity contribution in [2.45, 2.75) is 33.1 Å². The van der Waals surface area contributed by atoms with E-state index < -0.39 is 5.97 Å². The lowest BCUT2D eigenvalue weighted by Gasteiger charge is -2.34. The van der Waals surface area contributed by atoms with Crippen molar-refractivity contribution in [2.75, 3.05) is 13.1 Å². The molecule has 1 rings (SSSR count). The van der Waals surface area contributed by atoms with Gasteiger partial charge in [0.05, 0.1) is 5.92 Å². The van der Waals surface area contributed by atoms with Crippen molar-refractivity contribution in [1.82, 2.24) is 4.90 Å². The maximum atomic E-state index is 11.2. The summed E-state index contributed by atoms with van der Waals surface area (Å²) < 4.78 is 0. The van der Waals surface area contributed by atoms with Crippen LogP contribution >= 0.6 is 0 Å². The van der Waals surface area contributed by atoms with Gasteiger partial charge in [-0.05, 0) is 25.2 Å². The maximum Gasteiger partial charge on any atom is 0.306 e. The molecule has 0 saturated carbocycles. The largest absolute Gasteiger partial charge is 0.481 e. The number of nitrogens with zero attached hydrogens (tertiary/aromatic N) is 1. The third-order valence-electron chi connectivity index (χ3n) is 3.23. The number of hydrogen-bond donors (Lipinski definition) is 1. The van der Waals surface area contributed by atoms with E-state index in [1.165, 1.54) is 0 Å². The molecule has 4 nitrogen and oxygen atoms in total. The van der Waals surface area contributed by atoms with E-state index in [-0.39, 0.29) is 17.7 Å². The average molecular weight is 213 g/mol. The van der Waals surface area contributed by atoms with Crippen LogP contribution in [0.1, 0.15) is 33.1 Å². The van der Waals surface area contributed by atoms with Gasteiger partial charge < -0.3 is 10.0 Å². The van der Waals surface area contributed by atoms with Gasteiger partial charge >= 0.3 is 5.97 Å². The van der Waals surface area contributed by atoms with Crippen LogP contribution in [0.4, 0.5) is 0 Å².